The number of nitrogens with one attached hydrogen (secondary N) is 1. The molecule has 0 radical (unpaired) electrons. The quantitative estimate of drug-likeness (QED) is 0.759. The fourth-order valence-electron chi connectivity index (χ4n) is 3.68. The lowest BCUT2D eigenvalue weighted by Gasteiger charge is -2.28. The minimum absolute atomic E-state index is 0.0450. The predicted molar refractivity (Wildman–Crippen MR) is 101 cm³/mol. The standard InChI is InChI=1S/C21H18N4O2/c1-2-25-18-6-4-3-5-16(18)17(13-22)20(25)14-7-9-15(10-8-14)24-21(26)19-11-12-23-27-19/h3-12,17,20H,2H2,1H3,(H,24,26). The van der Waals surface area contributed by atoms with Crippen molar-refractivity contribution in [2.24, 2.45) is 0 Å². The van der Waals surface area contributed by atoms with Crippen LogP contribution in [0.3, 0.4) is 0 Å². The lowest BCUT2D eigenvalue weighted by atomic mass is 9.91. The number of nitrogens with zero attached hydrogens (tertiary/aromatic N) is 3. The molecular formula is C21H18N4O2. The van der Waals surface area contributed by atoms with Crippen LogP contribution in [-0.2, 0) is 0 Å². The number of para-hydroxylation sites is 1. The summed E-state index contributed by atoms with van der Waals surface area (Å²) in [7, 11) is 0. The number of carbonyl (C=O) groups excluding carboxylic acids is 1. The van der Waals surface area contributed by atoms with Crippen molar-refractivity contribution in [2.45, 2.75) is 18.9 Å². The summed E-state index contributed by atoms with van der Waals surface area (Å²) in [6, 6.07) is 19.6. The molecule has 1 amide bonds. The maximum absolute atomic E-state index is 12.1. The van der Waals surface area contributed by atoms with Crippen molar-refractivity contribution in [1.29, 1.82) is 5.26 Å². The summed E-state index contributed by atoms with van der Waals surface area (Å²) in [6.45, 7) is 2.90. The van der Waals surface area contributed by atoms with Crippen LogP contribution >= 0.6 is 0 Å². The summed E-state index contributed by atoms with van der Waals surface area (Å²) >= 11 is 0. The molecule has 4 rings (SSSR count). The van der Waals surface area contributed by atoms with Gasteiger partial charge in [0, 0.05) is 24.0 Å². The van der Waals surface area contributed by atoms with E-state index in [0.29, 0.717) is 5.69 Å². The second-order valence-electron chi connectivity index (χ2n) is 6.35. The van der Waals surface area contributed by atoms with Crippen molar-refractivity contribution >= 4 is 17.3 Å². The highest BCUT2D eigenvalue weighted by Crippen LogP contribution is 2.48. The molecule has 134 valence electrons. The fourth-order valence-corrected chi connectivity index (χ4v) is 3.68. The number of hydrogen-bond acceptors (Lipinski definition) is 5. The Hall–Kier alpha value is -3.59. The largest absolute Gasteiger partial charge is 0.363 e. The SMILES string of the molecule is CCN1c2ccccc2C(C#N)C1c1ccc(NC(=O)c2ccno2)cc1. The first kappa shape index (κ1) is 16.9. The van der Waals surface area contributed by atoms with Crippen LogP contribution in [0.4, 0.5) is 11.4 Å². The van der Waals surface area contributed by atoms with E-state index in [2.05, 4.69) is 34.4 Å². The Morgan fingerprint density at radius 2 is 2.00 bits per heavy atom. The Balaban J connectivity index is 1.60. The number of hydrogen-bond donors (Lipinski definition) is 1. The molecule has 6 nitrogen and oxygen atoms in total. The first-order chi connectivity index (χ1) is 13.2. The van der Waals surface area contributed by atoms with Crippen LogP contribution in [0.2, 0.25) is 0 Å². The third-order valence-electron chi connectivity index (χ3n) is 4.88. The Kier molecular flexibility index (Phi) is 4.35. The molecule has 1 aromatic heterocycles. The van der Waals surface area contributed by atoms with Crippen molar-refractivity contribution in [2.75, 3.05) is 16.8 Å². The molecule has 0 spiro atoms. The smallest absolute Gasteiger partial charge is 0.294 e. The molecular weight excluding hydrogens is 340 g/mol. The van der Waals surface area contributed by atoms with Crippen LogP contribution < -0.4 is 10.2 Å². The average Bonchev–Trinajstić information content (AvgIpc) is 3.34. The fraction of sp³-hybridized carbons (Fsp3) is 0.190. The molecule has 0 aliphatic carbocycles. The van der Waals surface area contributed by atoms with E-state index in [1.54, 1.807) is 0 Å². The van der Waals surface area contributed by atoms with Crippen molar-refractivity contribution in [3.8, 4) is 6.07 Å². The van der Waals surface area contributed by atoms with Gasteiger partial charge in [0.1, 0.15) is 0 Å². The lowest BCUT2D eigenvalue weighted by Crippen LogP contribution is -2.26. The maximum atomic E-state index is 12.1. The molecule has 6 heteroatoms. The molecule has 0 saturated heterocycles. The van der Waals surface area contributed by atoms with E-state index in [4.69, 9.17) is 4.52 Å². The zero-order chi connectivity index (χ0) is 18.8. The highest BCUT2D eigenvalue weighted by Gasteiger charge is 2.38. The predicted octanol–water partition coefficient (Wildman–Crippen LogP) is 4.12. The molecule has 1 aliphatic heterocycles. The van der Waals surface area contributed by atoms with Gasteiger partial charge in [0.05, 0.1) is 24.2 Å². The molecule has 2 unspecified atom stereocenters. The van der Waals surface area contributed by atoms with Crippen molar-refractivity contribution < 1.29 is 9.32 Å². The Morgan fingerprint density at radius 1 is 1.22 bits per heavy atom. The number of fused-ring (bicyclic) bond motifs is 1. The molecule has 1 N–H and O–H groups in total. The minimum Gasteiger partial charge on any atom is -0.363 e. The first-order valence-electron chi connectivity index (χ1n) is 8.80. The molecule has 2 atom stereocenters. The number of rotatable bonds is 4. The van der Waals surface area contributed by atoms with Crippen molar-refractivity contribution in [3.63, 3.8) is 0 Å². The lowest BCUT2D eigenvalue weighted by molar-refractivity contribution is 0.0988. The number of anilines is 2. The van der Waals surface area contributed by atoms with E-state index in [9.17, 15) is 10.1 Å². The number of likely N-dealkylation sites (N-methyl/N-ethyl adjacent to an activating group) is 1. The van der Waals surface area contributed by atoms with Gasteiger partial charge in [0.25, 0.3) is 5.91 Å². The highest BCUT2D eigenvalue weighted by atomic mass is 16.5. The van der Waals surface area contributed by atoms with Gasteiger partial charge in [0.15, 0.2) is 0 Å². The van der Waals surface area contributed by atoms with Crippen LogP contribution in [0.5, 0.6) is 0 Å². The molecule has 0 fully saturated rings. The van der Waals surface area contributed by atoms with Crippen molar-refractivity contribution in [1.82, 2.24) is 5.16 Å². The molecule has 0 saturated carbocycles. The van der Waals surface area contributed by atoms with E-state index >= 15 is 0 Å². The van der Waals surface area contributed by atoms with Gasteiger partial charge in [-0.25, -0.2) is 0 Å². The van der Waals surface area contributed by atoms with Crippen LogP contribution in [0, 0.1) is 11.3 Å². The number of benzene rings is 2. The van der Waals surface area contributed by atoms with E-state index in [1.807, 2.05) is 42.5 Å². The number of nitriles is 1. The van der Waals surface area contributed by atoms with E-state index in [0.717, 1.165) is 23.4 Å². The first-order valence-corrected chi connectivity index (χ1v) is 8.80. The van der Waals surface area contributed by atoms with Gasteiger partial charge in [-0.3, -0.25) is 4.79 Å². The topological polar surface area (TPSA) is 82.2 Å². The van der Waals surface area contributed by atoms with Gasteiger partial charge in [0.2, 0.25) is 5.76 Å². The number of carbonyl (C=O) groups is 1. The molecule has 2 aromatic carbocycles. The summed E-state index contributed by atoms with van der Waals surface area (Å²) in [5.74, 6) is -0.415. The summed E-state index contributed by atoms with van der Waals surface area (Å²) < 4.78 is 4.86. The van der Waals surface area contributed by atoms with Crippen molar-refractivity contribution in [3.05, 3.63) is 77.7 Å². The molecule has 27 heavy (non-hydrogen) atoms. The summed E-state index contributed by atoms with van der Waals surface area (Å²) in [5, 5.41) is 16.1. The molecule has 1 aliphatic rings. The summed E-state index contributed by atoms with van der Waals surface area (Å²) in [4.78, 5) is 14.3. The van der Waals surface area contributed by atoms with Crippen LogP contribution in [0.25, 0.3) is 0 Å². The third kappa shape index (κ3) is 2.93. The Bertz CT molecular complexity index is 990. The van der Waals surface area contributed by atoms with Crippen LogP contribution in [0.15, 0.2) is 65.3 Å². The Labute approximate surface area is 157 Å². The van der Waals surface area contributed by atoms with E-state index < -0.39 is 0 Å². The minimum atomic E-state index is -0.349. The van der Waals surface area contributed by atoms with Crippen LogP contribution in [-0.4, -0.2) is 17.6 Å². The number of amides is 1. The summed E-state index contributed by atoms with van der Waals surface area (Å²) in [5.41, 5.74) is 3.87. The second-order valence-corrected chi connectivity index (χ2v) is 6.35. The zero-order valence-electron chi connectivity index (χ0n) is 14.8. The molecule has 3 aromatic rings. The van der Waals surface area contributed by atoms with E-state index in [1.165, 1.54) is 12.3 Å². The molecule has 0 bridgehead atoms. The number of aromatic nitrogens is 1. The van der Waals surface area contributed by atoms with Gasteiger partial charge in [-0.1, -0.05) is 35.5 Å². The second kappa shape index (κ2) is 6.96. The summed E-state index contributed by atoms with van der Waals surface area (Å²) in [6.07, 6.45) is 1.43. The third-order valence-corrected chi connectivity index (χ3v) is 4.88. The van der Waals surface area contributed by atoms with Gasteiger partial charge in [-0.15, -0.1) is 0 Å². The average molecular weight is 358 g/mol. The Morgan fingerprint density at radius 3 is 2.67 bits per heavy atom. The molecule has 2 heterocycles. The van der Waals surface area contributed by atoms with E-state index in [-0.39, 0.29) is 23.6 Å². The highest BCUT2D eigenvalue weighted by molar-refractivity contribution is 6.02. The van der Waals surface area contributed by atoms with Gasteiger partial charge in [-0.05, 0) is 36.2 Å². The van der Waals surface area contributed by atoms with Gasteiger partial charge >= 0.3 is 0 Å². The maximum Gasteiger partial charge on any atom is 0.294 e. The van der Waals surface area contributed by atoms with Crippen LogP contribution in [0.1, 0.15) is 40.6 Å². The normalized spacial score (nSPS) is 18.0. The van der Waals surface area contributed by atoms with Gasteiger partial charge in [-0.2, -0.15) is 5.26 Å². The monoisotopic (exact) mass is 358 g/mol. The van der Waals surface area contributed by atoms with Gasteiger partial charge < -0.3 is 14.7 Å². The zero-order valence-corrected chi connectivity index (χ0v) is 14.8.